The minimum Gasteiger partial charge on any atom is -0.460 e. The number of carbonyl (C=O) groups excluding carboxylic acids is 1. The molecule has 0 aromatic rings. The van der Waals surface area contributed by atoms with Crippen LogP contribution in [0.15, 0.2) is 0 Å². The second-order valence-electron chi connectivity index (χ2n) is 4.58. The van der Waals surface area contributed by atoms with Crippen molar-refractivity contribution in [3.8, 4) is 0 Å². The maximum atomic E-state index is 11.6. The average molecular weight is 185 g/mol. The van der Waals surface area contributed by atoms with Crippen molar-refractivity contribution in [3.05, 3.63) is 0 Å². The maximum absolute atomic E-state index is 11.6. The standard InChI is InChI=1S/C10H19NO2/c1-10(2,3)13-9(12)8-5-4-6-11-7-8/h8,11H,4-7H2,1-3H3/t8-/m0/s1. The van der Waals surface area contributed by atoms with Crippen molar-refractivity contribution in [2.45, 2.75) is 39.2 Å². The third kappa shape index (κ3) is 3.77. The molecule has 0 unspecified atom stereocenters. The molecule has 76 valence electrons. The Morgan fingerprint density at radius 1 is 1.46 bits per heavy atom. The van der Waals surface area contributed by atoms with E-state index in [1.54, 1.807) is 0 Å². The smallest absolute Gasteiger partial charge is 0.310 e. The van der Waals surface area contributed by atoms with Crippen molar-refractivity contribution < 1.29 is 9.53 Å². The van der Waals surface area contributed by atoms with Gasteiger partial charge in [-0.15, -0.1) is 0 Å². The summed E-state index contributed by atoms with van der Waals surface area (Å²) in [4.78, 5) is 11.6. The molecule has 0 spiro atoms. The molecular weight excluding hydrogens is 166 g/mol. The molecule has 1 rings (SSSR count). The maximum Gasteiger partial charge on any atom is 0.310 e. The van der Waals surface area contributed by atoms with E-state index in [9.17, 15) is 4.79 Å². The number of esters is 1. The van der Waals surface area contributed by atoms with Crippen LogP contribution in [0.1, 0.15) is 33.6 Å². The molecule has 13 heavy (non-hydrogen) atoms. The topological polar surface area (TPSA) is 38.3 Å². The lowest BCUT2D eigenvalue weighted by Crippen LogP contribution is -2.38. The fourth-order valence-corrected chi connectivity index (χ4v) is 1.44. The third-order valence-electron chi connectivity index (χ3n) is 2.04. The van der Waals surface area contributed by atoms with Crippen LogP contribution in [-0.4, -0.2) is 24.7 Å². The molecule has 3 heteroatoms. The van der Waals surface area contributed by atoms with Crippen LogP contribution >= 0.6 is 0 Å². The van der Waals surface area contributed by atoms with Gasteiger partial charge in [0.2, 0.25) is 0 Å². The summed E-state index contributed by atoms with van der Waals surface area (Å²) in [6.45, 7) is 7.51. The number of hydrogen-bond donors (Lipinski definition) is 1. The van der Waals surface area contributed by atoms with Crippen molar-refractivity contribution in [3.63, 3.8) is 0 Å². The molecule has 0 aromatic carbocycles. The summed E-state index contributed by atoms with van der Waals surface area (Å²) in [5.74, 6) is 0.00711. The highest BCUT2D eigenvalue weighted by Gasteiger charge is 2.26. The van der Waals surface area contributed by atoms with Gasteiger partial charge in [-0.1, -0.05) is 0 Å². The van der Waals surface area contributed by atoms with Gasteiger partial charge >= 0.3 is 5.97 Å². The highest BCUT2D eigenvalue weighted by molar-refractivity contribution is 5.73. The lowest BCUT2D eigenvalue weighted by Gasteiger charge is -2.26. The van der Waals surface area contributed by atoms with Gasteiger partial charge in [0.05, 0.1) is 5.92 Å². The third-order valence-corrected chi connectivity index (χ3v) is 2.04. The second-order valence-corrected chi connectivity index (χ2v) is 4.58. The number of piperidine rings is 1. The van der Waals surface area contributed by atoms with E-state index in [-0.39, 0.29) is 17.5 Å². The van der Waals surface area contributed by atoms with E-state index < -0.39 is 0 Å². The summed E-state index contributed by atoms with van der Waals surface area (Å²) in [6.07, 6.45) is 2.03. The largest absolute Gasteiger partial charge is 0.460 e. The van der Waals surface area contributed by atoms with Crippen molar-refractivity contribution in [1.29, 1.82) is 0 Å². The summed E-state index contributed by atoms with van der Waals surface area (Å²) in [5.41, 5.74) is -0.353. The van der Waals surface area contributed by atoms with Crippen molar-refractivity contribution in [1.82, 2.24) is 5.32 Å². The molecule has 1 N–H and O–H groups in total. The highest BCUT2D eigenvalue weighted by atomic mass is 16.6. The second kappa shape index (κ2) is 4.09. The lowest BCUT2D eigenvalue weighted by molar-refractivity contribution is -0.160. The van der Waals surface area contributed by atoms with Crippen LogP contribution in [0, 0.1) is 5.92 Å². The molecule has 0 saturated carbocycles. The van der Waals surface area contributed by atoms with E-state index in [0.29, 0.717) is 0 Å². The molecule has 1 aliphatic heterocycles. The van der Waals surface area contributed by atoms with Gasteiger partial charge in [-0.2, -0.15) is 0 Å². The normalized spacial score (nSPS) is 24.1. The zero-order chi connectivity index (χ0) is 9.90. The van der Waals surface area contributed by atoms with Gasteiger partial charge in [0.25, 0.3) is 0 Å². The number of hydrogen-bond acceptors (Lipinski definition) is 3. The fraction of sp³-hybridized carbons (Fsp3) is 0.900. The van der Waals surface area contributed by atoms with Crippen LogP contribution in [0.4, 0.5) is 0 Å². The summed E-state index contributed by atoms with van der Waals surface area (Å²) in [6, 6.07) is 0. The van der Waals surface area contributed by atoms with Crippen molar-refractivity contribution >= 4 is 5.97 Å². The molecule has 1 aliphatic rings. The SMILES string of the molecule is CC(C)(C)OC(=O)[C@H]1CCCNC1. The number of rotatable bonds is 1. The van der Waals surface area contributed by atoms with Crippen molar-refractivity contribution in [2.75, 3.05) is 13.1 Å². The van der Waals surface area contributed by atoms with Crippen LogP contribution in [0.3, 0.4) is 0 Å². The minimum absolute atomic E-state index is 0.0558. The average Bonchev–Trinajstić information content (AvgIpc) is 2.03. The molecule has 0 aromatic heterocycles. The van der Waals surface area contributed by atoms with E-state index >= 15 is 0 Å². The Kier molecular flexibility index (Phi) is 3.31. The Morgan fingerprint density at radius 2 is 2.15 bits per heavy atom. The van der Waals surface area contributed by atoms with Gasteiger partial charge in [-0.25, -0.2) is 0 Å². The van der Waals surface area contributed by atoms with Crippen LogP contribution in [0.5, 0.6) is 0 Å². The summed E-state index contributed by atoms with van der Waals surface area (Å²) >= 11 is 0. The monoisotopic (exact) mass is 185 g/mol. The van der Waals surface area contributed by atoms with E-state index in [2.05, 4.69) is 5.32 Å². The molecule has 0 aliphatic carbocycles. The van der Waals surface area contributed by atoms with Crippen LogP contribution in [-0.2, 0) is 9.53 Å². The number of ether oxygens (including phenoxy) is 1. The Labute approximate surface area is 79.8 Å². The minimum atomic E-state index is -0.353. The molecule has 1 atom stereocenters. The fourth-order valence-electron chi connectivity index (χ4n) is 1.44. The first-order chi connectivity index (χ1) is 5.99. The zero-order valence-corrected chi connectivity index (χ0v) is 8.72. The predicted molar refractivity (Wildman–Crippen MR) is 51.4 cm³/mol. The first kappa shape index (κ1) is 10.5. The van der Waals surface area contributed by atoms with Crippen molar-refractivity contribution in [2.24, 2.45) is 5.92 Å². The molecular formula is C10H19NO2. The van der Waals surface area contributed by atoms with Gasteiger partial charge in [-0.05, 0) is 40.2 Å². The summed E-state index contributed by atoms with van der Waals surface area (Å²) < 4.78 is 5.30. The van der Waals surface area contributed by atoms with Crippen LogP contribution in [0.25, 0.3) is 0 Å². The first-order valence-electron chi connectivity index (χ1n) is 4.92. The Hall–Kier alpha value is -0.570. The summed E-state index contributed by atoms with van der Waals surface area (Å²) in [7, 11) is 0. The van der Waals surface area contributed by atoms with Gasteiger partial charge < -0.3 is 10.1 Å². The Morgan fingerprint density at radius 3 is 2.62 bits per heavy atom. The molecule has 1 fully saturated rings. The van der Waals surface area contributed by atoms with Crippen LogP contribution < -0.4 is 5.32 Å². The lowest BCUT2D eigenvalue weighted by atomic mass is 10.00. The molecule has 3 nitrogen and oxygen atoms in total. The van der Waals surface area contributed by atoms with E-state index in [4.69, 9.17) is 4.74 Å². The molecule has 0 amide bonds. The van der Waals surface area contributed by atoms with E-state index in [1.165, 1.54) is 0 Å². The number of nitrogens with one attached hydrogen (secondary N) is 1. The van der Waals surface area contributed by atoms with Crippen LogP contribution in [0.2, 0.25) is 0 Å². The van der Waals surface area contributed by atoms with Gasteiger partial charge in [0.1, 0.15) is 5.60 Å². The number of carbonyl (C=O) groups is 1. The van der Waals surface area contributed by atoms with Gasteiger partial charge in [0.15, 0.2) is 0 Å². The Balaban J connectivity index is 2.38. The van der Waals surface area contributed by atoms with E-state index in [1.807, 2.05) is 20.8 Å². The van der Waals surface area contributed by atoms with Gasteiger partial charge in [-0.3, -0.25) is 4.79 Å². The Bertz CT molecular complexity index is 178. The predicted octanol–water partition coefficient (Wildman–Crippen LogP) is 1.33. The summed E-state index contributed by atoms with van der Waals surface area (Å²) in [5, 5.41) is 3.20. The molecule has 1 saturated heterocycles. The molecule has 1 heterocycles. The van der Waals surface area contributed by atoms with Gasteiger partial charge in [0, 0.05) is 6.54 Å². The quantitative estimate of drug-likeness (QED) is 0.626. The highest BCUT2D eigenvalue weighted by Crippen LogP contribution is 2.16. The van der Waals surface area contributed by atoms with E-state index in [0.717, 1.165) is 25.9 Å². The first-order valence-corrected chi connectivity index (χ1v) is 4.92. The molecule has 0 radical (unpaired) electrons. The zero-order valence-electron chi connectivity index (χ0n) is 8.72. The molecule has 0 bridgehead atoms.